The molecule has 4 rings (SSSR count). The van der Waals surface area contributed by atoms with E-state index in [9.17, 15) is 9.59 Å². The minimum Gasteiger partial charge on any atom is -0.465 e. The molecular weight excluding hydrogens is 370 g/mol. The van der Waals surface area contributed by atoms with Crippen molar-refractivity contribution < 1.29 is 14.3 Å². The Morgan fingerprint density at radius 3 is 2.79 bits per heavy atom. The van der Waals surface area contributed by atoms with Gasteiger partial charge < -0.3 is 15.4 Å². The van der Waals surface area contributed by atoms with Crippen molar-refractivity contribution >= 4 is 29.7 Å². The monoisotopic (exact) mass is 395 g/mol. The second-order valence-corrected chi connectivity index (χ2v) is 7.53. The first kappa shape index (κ1) is 19.2. The molecule has 0 saturated heterocycles. The summed E-state index contributed by atoms with van der Waals surface area (Å²) >= 11 is 0. The predicted octanol–water partition coefficient (Wildman–Crippen LogP) is 2.42. The number of anilines is 1. The van der Waals surface area contributed by atoms with Gasteiger partial charge in [-0.1, -0.05) is 6.07 Å². The van der Waals surface area contributed by atoms with Crippen LogP contribution in [-0.2, 0) is 9.53 Å². The normalized spacial score (nSPS) is 20.3. The van der Waals surface area contributed by atoms with Crippen LogP contribution in [0.1, 0.15) is 42.6 Å². The van der Waals surface area contributed by atoms with E-state index in [-0.39, 0.29) is 17.8 Å². The molecule has 2 aliphatic heterocycles. The first-order valence-electron chi connectivity index (χ1n) is 9.92. The summed E-state index contributed by atoms with van der Waals surface area (Å²) in [5.41, 5.74) is 4.03. The van der Waals surface area contributed by atoms with Crippen LogP contribution in [0, 0.1) is 12.8 Å². The number of amidine groups is 1. The van der Waals surface area contributed by atoms with Crippen LogP contribution in [-0.4, -0.2) is 48.3 Å². The molecule has 1 saturated carbocycles. The van der Waals surface area contributed by atoms with Crippen molar-refractivity contribution in [1.82, 2.24) is 10.3 Å². The number of hydrazone groups is 1. The summed E-state index contributed by atoms with van der Waals surface area (Å²) in [6.45, 7) is 6.44. The van der Waals surface area contributed by atoms with E-state index < -0.39 is 0 Å². The summed E-state index contributed by atoms with van der Waals surface area (Å²) in [7, 11) is 0. The van der Waals surface area contributed by atoms with Crippen molar-refractivity contribution in [3.8, 4) is 0 Å². The van der Waals surface area contributed by atoms with Crippen LogP contribution in [0.25, 0.3) is 0 Å². The molecular formula is C21H25N5O3. The van der Waals surface area contributed by atoms with E-state index in [2.05, 4.69) is 20.7 Å². The highest BCUT2D eigenvalue weighted by Gasteiger charge is 2.38. The van der Waals surface area contributed by atoms with Crippen molar-refractivity contribution in [1.29, 1.82) is 0 Å². The van der Waals surface area contributed by atoms with Gasteiger partial charge >= 0.3 is 5.97 Å². The Labute approximate surface area is 169 Å². The highest BCUT2D eigenvalue weighted by molar-refractivity contribution is 6.13. The Hall–Kier alpha value is -3.16. The van der Waals surface area contributed by atoms with Gasteiger partial charge in [-0.2, -0.15) is 5.10 Å². The number of fused-ring (bicyclic) bond motifs is 1. The molecule has 8 heteroatoms. The number of carbonyl (C=O) groups excluding carboxylic acids is 2. The molecule has 0 bridgehead atoms. The zero-order valence-electron chi connectivity index (χ0n) is 16.9. The lowest BCUT2D eigenvalue weighted by Crippen LogP contribution is -2.30. The molecule has 0 aromatic heterocycles. The van der Waals surface area contributed by atoms with Crippen LogP contribution in [0.15, 0.2) is 39.6 Å². The molecule has 1 aromatic carbocycles. The fourth-order valence-electron chi connectivity index (χ4n) is 3.50. The van der Waals surface area contributed by atoms with E-state index in [1.807, 2.05) is 32.0 Å². The minimum atomic E-state index is -0.371. The van der Waals surface area contributed by atoms with Crippen LogP contribution in [0.5, 0.6) is 0 Å². The third-order valence-electron chi connectivity index (χ3n) is 5.35. The molecule has 3 aliphatic rings. The maximum atomic E-state index is 12.4. The van der Waals surface area contributed by atoms with Gasteiger partial charge in [0.15, 0.2) is 5.84 Å². The molecule has 1 fully saturated rings. The Balaban J connectivity index is 1.58. The fourth-order valence-corrected chi connectivity index (χ4v) is 3.50. The first-order chi connectivity index (χ1) is 14.0. The number of hydrogen-bond donors (Lipinski definition) is 2. The smallest absolute Gasteiger partial charge is 0.315 e. The fraction of sp³-hybridized carbons (Fsp3) is 0.429. The zero-order valence-corrected chi connectivity index (χ0v) is 16.9. The van der Waals surface area contributed by atoms with E-state index in [0.29, 0.717) is 30.6 Å². The second kappa shape index (κ2) is 7.69. The number of carbonyl (C=O) groups is 2. The third kappa shape index (κ3) is 3.87. The van der Waals surface area contributed by atoms with Crippen LogP contribution in [0.3, 0.4) is 0 Å². The lowest BCUT2D eigenvalue weighted by atomic mass is 10.0. The molecule has 29 heavy (non-hydrogen) atoms. The molecule has 0 spiro atoms. The second-order valence-electron chi connectivity index (χ2n) is 7.53. The summed E-state index contributed by atoms with van der Waals surface area (Å²) in [4.78, 5) is 29.1. The van der Waals surface area contributed by atoms with Gasteiger partial charge in [-0.3, -0.25) is 14.6 Å². The number of benzene rings is 1. The molecule has 1 aliphatic carbocycles. The number of amides is 1. The minimum absolute atomic E-state index is 0.0667. The van der Waals surface area contributed by atoms with Crippen LogP contribution >= 0.6 is 0 Å². The number of rotatable bonds is 5. The Morgan fingerprint density at radius 1 is 1.28 bits per heavy atom. The summed E-state index contributed by atoms with van der Waals surface area (Å²) in [6, 6.07) is 5.88. The van der Waals surface area contributed by atoms with Crippen LogP contribution < -0.4 is 10.6 Å². The lowest BCUT2D eigenvalue weighted by Gasteiger charge is -2.22. The number of aryl methyl sites for hydroxylation is 1. The number of nitrogens with one attached hydrogen (secondary N) is 2. The number of ether oxygens (including phenoxy) is 1. The number of aliphatic imine (C=N–C) groups is 1. The SMILES string of the molecule is CCOC(=O)C1CN2N=CN=C(Nc3cc(C(=O)NC4CC4)ccc3C)C2=C1C. The summed E-state index contributed by atoms with van der Waals surface area (Å²) in [6.07, 6.45) is 3.55. The average Bonchev–Trinajstić information content (AvgIpc) is 3.44. The van der Waals surface area contributed by atoms with Gasteiger partial charge in [-0.15, -0.1) is 0 Å². The molecule has 0 radical (unpaired) electrons. The molecule has 1 unspecified atom stereocenters. The van der Waals surface area contributed by atoms with E-state index >= 15 is 0 Å². The quantitative estimate of drug-likeness (QED) is 0.747. The maximum Gasteiger partial charge on any atom is 0.315 e. The molecule has 1 aromatic rings. The average molecular weight is 395 g/mol. The Morgan fingerprint density at radius 2 is 2.07 bits per heavy atom. The molecule has 8 nitrogen and oxygen atoms in total. The molecule has 152 valence electrons. The number of esters is 1. The highest BCUT2D eigenvalue weighted by Crippen LogP contribution is 2.32. The summed E-state index contributed by atoms with van der Waals surface area (Å²) < 4.78 is 5.20. The highest BCUT2D eigenvalue weighted by atomic mass is 16.5. The van der Waals surface area contributed by atoms with Gasteiger partial charge in [0, 0.05) is 17.3 Å². The Kier molecular flexibility index (Phi) is 5.08. The Bertz CT molecular complexity index is 946. The molecule has 2 N–H and O–H groups in total. The zero-order chi connectivity index (χ0) is 20.5. The lowest BCUT2D eigenvalue weighted by molar-refractivity contribution is -0.146. The van der Waals surface area contributed by atoms with Gasteiger partial charge in [-0.05, 0) is 56.9 Å². The number of hydrogen-bond acceptors (Lipinski definition) is 7. The number of nitrogens with zero attached hydrogens (tertiary/aromatic N) is 3. The van der Waals surface area contributed by atoms with E-state index in [1.54, 1.807) is 11.9 Å². The van der Waals surface area contributed by atoms with E-state index in [4.69, 9.17) is 4.74 Å². The predicted molar refractivity (Wildman–Crippen MR) is 111 cm³/mol. The van der Waals surface area contributed by atoms with Crippen molar-refractivity contribution in [3.05, 3.63) is 40.6 Å². The largest absolute Gasteiger partial charge is 0.465 e. The summed E-state index contributed by atoms with van der Waals surface area (Å²) in [5, 5.41) is 12.4. The van der Waals surface area contributed by atoms with Crippen molar-refractivity contribution in [2.75, 3.05) is 18.5 Å². The standard InChI is InChI=1S/C21H25N5O3/c1-4-29-21(28)16-10-26-18(13(16)3)19(22-11-23-26)25-17-9-14(6-5-12(17)2)20(27)24-15-7-8-15/h5-6,9,11,15-16H,4,7-8,10H2,1-3H3,(H,24,27)(H,22,23,25). The van der Waals surface area contributed by atoms with Crippen LogP contribution in [0.2, 0.25) is 0 Å². The molecule has 2 heterocycles. The van der Waals surface area contributed by atoms with Crippen molar-refractivity contribution in [3.63, 3.8) is 0 Å². The van der Waals surface area contributed by atoms with Gasteiger partial charge in [0.05, 0.1) is 19.1 Å². The van der Waals surface area contributed by atoms with Gasteiger partial charge in [0.1, 0.15) is 12.0 Å². The van der Waals surface area contributed by atoms with E-state index in [1.165, 1.54) is 6.34 Å². The van der Waals surface area contributed by atoms with E-state index in [0.717, 1.165) is 35.4 Å². The third-order valence-corrected chi connectivity index (χ3v) is 5.35. The van der Waals surface area contributed by atoms with Crippen molar-refractivity contribution in [2.24, 2.45) is 16.0 Å². The van der Waals surface area contributed by atoms with Crippen molar-refractivity contribution in [2.45, 2.75) is 39.7 Å². The maximum absolute atomic E-state index is 12.4. The molecule has 1 atom stereocenters. The van der Waals surface area contributed by atoms with Gasteiger partial charge in [0.2, 0.25) is 0 Å². The molecule has 1 amide bonds. The topological polar surface area (TPSA) is 95.4 Å². The van der Waals surface area contributed by atoms with Crippen LogP contribution in [0.4, 0.5) is 5.69 Å². The van der Waals surface area contributed by atoms with Gasteiger partial charge in [0.25, 0.3) is 5.91 Å². The van der Waals surface area contributed by atoms with Gasteiger partial charge in [-0.25, -0.2) is 4.99 Å². The first-order valence-corrected chi connectivity index (χ1v) is 9.92. The summed E-state index contributed by atoms with van der Waals surface area (Å²) in [5.74, 6) is -0.0876.